The van der Waals surface area contributed by atoms with Crippen LogP contribution in [0.15, 0.2) is 21.7 Å². The first kappa shape index (κ1) is 18.5. The summed E-state index contributed by atoms with van der Waals surface area (Å²) in [7, 11) is -2.97. The summed E-state index contributed by atoms with van der Waals surface area (Å²) in [4.78, 5) is 1.85. The molecular weight excluding hydrogens is 284 g/mol. The molecule has 0 fully saturated rings. The van der Waals surface area contributed by atoms with Gasteiger partial charge in [-0.15, -0.1) is 11.5 Å². The van der Waals surface area contributed by atoms with Crippen LogP contribution < -0.4 is 0 Å². The molecule has 21 heavy (non-hydrogen) atoms. The highest BCUT2D eigenvalue weighted by Crippen LogP contribution is 2.41. The largest absolute Gasteiger partial charge is 0.155 e. The molecular formula is C19H34Si2. The first-order valence-electron chi connectivity index (χ1n) is 8.76. The van der Waals surface area contributed by atoms with Gasteiger partial charge in [0.2, 0.25) is 0 Å². The van der Waals surface area contributed by atoms with Crippen molar-refractivity contribution < 1.29 is 0 Å². The van der Waals surface area contributed by atoms with Gasteiger partial charge >= 0.3 is 0 Å². The van der Waals surface area contributed by atoms with Crippen molar-refractivity contribution in [2.45, 2.75) is 85.5 Å². The zero-order valence-electron chi connectivity index (χ0n) is 15.3. The van der Waals surface area contributed by atoms with Gasteiger partial charge in [-0.05, 0) is 19.3 Å². The summed E-state index contributed by atoms with van der Waals surface area (Å²) in [5.41, 5.74) is 9.85. The van der Waals surface area contributed by atoms with Crippen LogP contribution in [0, 0.1) is 11.5 Å². The fourth-order valence-corrected chi connectivity index (χ4v) is 14.8. The molecule has 0 aliphatic carbocycles. The lowest BCUT2D eigenvalue weighted by atomic mass is 10.0. The van der Waals surface area contributed by atoms with Gasteiger partial charge in [0.1, 0.15) is 0 Å². The average Bonchev–Trinajstić information content (AvgIpc) is 2.62. The summed E-state index contributed by atoms with van der Waals surface area (Å²) in [6.07, 6.45) is 7.30. The van der Waals surface area contributed by atoms with E-state index in [4.69, 9.17) is 0 Å². The Hall–Kier alpha value is -0.526. The highest BCUT2D eigenvalue weighted by Gasteiger charge is 2.42. The van der Waals surface area contributed by atoms with Crippen LogP contribution in [0.5, 0.6) is 0 Å². The van der Waals surface area contributed by atoms with Crippen LogP contribution in [0.3, 0.4) is 0 Å². The Labute approximate surface area is 135 Å². The third kappa shape index (κ3) is 4.47. The van der Waals surface area contributed by atoms with Gasteiger partial charge in [0.15, 0.2) is 8.07 Å². The van der Waals surface area contributed by atoms with Crippen molar-refractivity contribution in [3.05, 3.63) is 21.7 Å². The van der Waals surface area contributed by atoms with Gasteiger partial charge in [0, 0.05) is 6.42 Å². The van der Waals surface area contributed by atoms with E-state index in [0.717, 1.165) is 6.42 Å². The van der Waals surface area contributed by atoms with Gasteiger partial charge in [-0.3, -0.25) is 0 Å². The van der Waals surface area contributed by atoms with Crippen LogP contribution >= 0.6 is 0 Å². The van der Waals surface area contributed by atoms with Crippen LogP contribution in [0.1, 0.15) is 59.3 Å². The average molecular weight is 319 g/mol. The van der Waals surface area contributed by atoms with Gasteiger partial charge in [-0.1, -0.05) is 81.5 Å². The third-order valence-corrected chi connectivity index (χ3v) is 13.1. The number of allylic oxidation sites excluding steroid dienone is 2. The molecule has 0 saturated carbocycles. The molecule has 0 bridgehead atoms. The maximum atomic E-state index is 3.74. The summed E-state index contributed by atoms with van der Waals surface area (Å²) in [5.74, 6) is 3.48. The van der Waals surface area contributed by atoms with Crippen molar-refractivity contribution in [2.24, 2.45) is 0 Å². The van der Waals surface area contributed by atoms with Gasteiger partial charge in [0.25, 0.3) is 0 Å². The standard InChI is InChI=1S/C19H34Si2/c1-8-11-12-15-20(4,5)19-18(14-10-3)17(13-9-2)16-21(19,6)7/h16H,8-11,13-14H2,1-7H3. The molecule has 0 amide bonds. The van der Waals surface area contributed by atoms with Crippen molar-refractivity contribution in [1.29, 1.82) is 0 Å². The van der Waals surface area contributed by atoms with Crippen molar-refractivity contribution in [2.75, 3.05) is 0 Å². The smallest absolute Gasteiger partial charge is 0.127 e. The minimum absolute atomic E-state index is 1.06. The van der Waals surface area contributed by atoms with Gasteiger partial charge < -0.3 is 0 Å². The predicted molar refractivity (Wildman–Crippen MR) is 103 cm³/mol. The van der Waals surface area contributed by atoms with Gasteiger partial charge in [-0.2, -0.15) is 0 Å². The number of rotatable bonds is 6. The molecule has 0 unspecified atom stereocenters. The van der Waals surface area contributed by atoms with E-state index in [0.29, 0.717) is 0 Å². The molecule has 118 valence electrons. The maximum Gasteiger partial charge on any atom is 0.155 e. The minimum Gasteiger partial charge on any atom is -0.127 e. The molecule has 1 aliphatic heterocycles. The van der Waals surface area contributed by atoms with Crippen LogP contribution in [0.2, 0.25) is 26.2 Å². The molecule has 0 saturated heterocycles. The van der Waals surface area contributed by atoms with E-state index in [-0.39, 0.29) is 0 Å². The second-order valence-corrected chi connectivity index (χ2v) is 16.2. The number of hydrogen-bond donors (Lipinski definition) is 0. The summed E-state index contributed by atoms with van der Waals surface area (Å²) in [6, 6.07) is 0. The Balaban J connectivity index is 3.29. The summed E-state index contributed by atoms with van der Waals surface area (Å²) in [5, 5.41) is 0. The van der Waals surface area contributed by atoms with Gasteiger partial charge in [0.05, 0.1) is 8.07 Å². The molecule has 1 heterocycles. The summed E-state index contributed by atoms with van der Waals surface area (Å²) < 4.78 is 0. The van der Waals surface area contributed by atoms with E-state index in [1.54, 1.807) is 11.1 Å². The Morgan fingerprint density at radius 1 is 1.00 bits per heavy atom. The molecule has 0 aromatic rings. The molecule has 0 radical (unpaired) electrons. The fraction of sp³-hybridized carbons (Fsp3) is 0.684. The minimum atomic E-state index is -1.59. The normalized spacial score (nSPS) is 17.6. The van der Waals surface area contributed by atoms with Crippen molar-refractivity contribution in [3.63, 3.8) is 0 Å². The topological polar surface area (TPSA) is 0 Å². The Morgan fingerprint density at radius 2 is 1.62 bits per heavy atom. The van der Waals surface area contributed by atoms with E-state index in [9.17, 15) is 0 Å². The monoisotopic (exact) mass is 318 g/mol. The number of unbranched alkanes of at least 4 members (excludes halogenated alkanes) is 1. The molecule has 0 aromatic heterocycles. The van der Waals surface area contributed by atoms with Crippen LogP contribution in [-0.4, -0.2) is 16.1 Å². The molecule has 0 nitrogen and oxygen atoms in total. The predicted octanol–water partition coefficient (Wildman–Crippen LogP) is 6.20. The molecule has 1 aliphatic rings. The Kier molecular flexibility index (Phi) is 6.75. The number of hydrogen-bond acceptors (Lipinski definition) is 0. The second-order valence-electron chi connectivity index (χ2n) is 7.42. The SMILES string of the molecule is CCCC#C[Si](C)(C)C1=C(CCC)C(CCC)=C[Si]1(C)C. The Bertz CT molecular complexity index is 481. The molecule has 0 atom stereocenters. The summed E-state index contributed by atoms with van der Waals surface area (Å²) >= 11 is 0. The quantitative estimate of drug-likeness (QED) is 0.404. The second kappa shape index (κ2) is 7.65. The van der Waals surface area contributed by atoms with E-state index in [1.807, 2.05) is 4.82 Å². The first-order valence-corrected chi connectivity index (χ1v) is 14.8. The molecule has 0 spiro atoms. The third-order valence-electron chi connectivity index (χ3n) is 4.29. The van der Waals surface area contributed by atoms with Crippen molar-refractivity contribution >= 4 is 16.1 Å². The maximum absolute atomic E-state index is 3.74. The lowest BCUT2D eigenvalue weighted by Gasteiger charge is -2.30. The zero-order chi connectivity index (χ0) is 16.1. The van der Waals surface area contributed by atoms with Gasteiger partial charge in [-0.25, -0.2) is 0 Å². The molecule has 0 N–H and O–H groups in total. The van der Waals surface area contributed by atoms with E-state index in [2.05, 4.69) is 64.1 Å². The van der Waals surface area contributed by atoms with E-state index < -0.39 is 16.1 Å². The van der Waals surface area contributed by atoms with E-state index >= 15 is 0 Å². The fourth-order valence-electron chi connectivity index (χ4n) is 3.83. The molecule has 0 aromatic carbocycles. The van der Waals surface area contributed by atoms with Crippen LogP contribution in [0.25, 0.3) is 0 Å². The van der Waals surface area contributed by atoms with E-state index in [1.165, 1.54) is 32.1 Å². The summed E-state index contributed by atoms with van der Waals surface area (Å²) in [6.45, 7) is 16.9. The zero-order valence-corrected chi connectivity index (χ0v) is 17.3. The van der Waals surface area contributed by atoms with Crippen molar-refractivity contribution in [1.82, 2.24) is 0 Å². The van der Waals surface area contributed by atoms with Crippen LogP contribution in [0.4, 0.5) is 0 Å². The molecule has 2 heteroatoms. The lowest BCUT2D eigenvalue weighted by Crippen LogP contribution is -2.41. The highest BCUT2D eigenvalue weighted by atomic mass is 28.4. The first-order chi connectivity index (χ1) is 9.80. The lowest BCUT2D eigenvalue weighted by molar-refractivity contribution is 0.856. The highest BCUT2D eigenvalue weighted by molar-refractivity contribution is 7.11. The van der Waals surface area contributed by atoms with Crippen LogP contribution in [-0.2, 0) is 0 Å². The van der Waals surface area contributed by atoms with Crippen molar-refractivity contribution in [3.8, 4) is 11.5 Å². The molecule has 1 rings (SSSR count). The Morgan fingerprint density at radius 3 is 2.14 bits per heavy atom.